The van der Waals surface area contributed by atoms with E-state index < -0.39 is 26.1 Å². The normalized spacial score (nSPS) is 17.5. The predicted molar refractivity (Wildman–Crippen MR) is 122 cm³/mol. The van der Waals surface area contributed by atoms with E-state index in [1.165, 1.54) is 28.6 Å². The fourth-order valence-electron chi connectivity index (χ4n) is 3.54. The summed E-state index contributed by atoms with van der Waals surface area (Å²) < 4.78 is 50.1. The van der Waals surface area contributed by atoms with Crippen LogP contribution in [0.3, 0.4) is 0 Å². The summed E-state index contributed by atoms with van der Waals surface area (Å²) in [6.45, 7) is 5.34. The van der Waals surface area contributed by atoms with Crippen LogP contribution in [0.2, 0.25) is 0 Å². The van der Waals surface area contributed by atoms with Gasteiger partial charge < -0.3 is 5.32 Å². The highest BCUT2D eigenvalue weighted by atomic mass is 32.2. The molecule has 0 bridgehead atoms. The molecule has 3 rings (SSSR count). The minimum atomic E-state index is -3.80. The molecule has 9 nitrogen and oxygen atoms in total. The molecular formula is C21H28N4O5S2. The van der Waals surface area contributed by atoms with E-state index in [1.54, 1.807) is 31.2 Å². The maximum Gasteiger partial charge on any atom is 0.243 e. The minimum absolute atomic E-state index is 0.0362. The van der Waals surface area contributed by atoms with Crippen molar-refractivity contribution in [2.45, 2.75) is 36.1 Å². The molecule has 2 aromatic rings. The number of rotatable bonds is 6. The molecule has 174 valence electrons. The van der Waals surface area contributed by atoms with Crippen LogP contribution in [0.5, 0.6) is 0 Å². The first kappa shape index (κ1) is 24.3. The molecule has 1 aliphatic rings. The van der Waals surface area contributed by atoms with Gasteiger partial charge in [0.15, 0.2) is 0 Å². The molecule has 1 fully saturated rings. The average molecular weight is 481 g/mol. The molecule has 0 unspecified atom stereocenters. The zero-order valence-corrected chi connectivity index (χ0v) is 19.7. The zero-order valence-electron chi connectivity index (χ0n) is 18.1. The van der Waals surface area contributed by atoms with E-state index >= 15 is 0 Å². The summed E-state index contributed by atoms with van der Waals surface area (Å²) in [6.07, 6.45) is 0.603. The Labute approximate surface area is 189 Å². The standard InChI is InChI=1S/C21H28N4O5S2/c1-16-4-8-20(9-5-16)32(29,30)25-13-3-12-24(14-15-25)17(2)21(26)23-18-6-10-19(11-7-18)31(22,27)28/h4-11,17H,3,12-15H2,1-2H3,(H,23,26)(H2,22,27,28)/t17-/m1/s1. The first-order valence-electron chi connectivity index (χ1n) is 10.2. The molecule has 1 atom stereocenters. The molecule has 1 amide bonds. The molecule has 0 aliphatic carbocycles. The second kappa shape index (κ2) is 9.67. The van der Waals surface area contributed by atoms with Crippen molar-refractivity contribution in [3.63, 3.8) is 0 Å². The van der Waals surface area contributed by atoms with Gasteiger partial charge in [-0.25, -0.2) is 22.0 Å². The van der Waals surface area contributed by atoms with Crippen molar-refractivity contribution >= 4 is 31.6 Å². The lowest BCUT2D eigenvalue weighted by molar-refractivity contribution is -0.120. The number of nitrogens with one attached hydrogen (secondary N) is 1. The third-order valence-corrected chi connectivity index (χ3v) is 8.37. The second-order valence-electron chi connectivity index (χ2n) is 7.84. The number of nitrogens with zero attached hydrogens (tertiary/aromatic N) is 2. The highest BCUT2D eigenvalue weighted by Crippen LogP contribution is 2.20. The van der Waals surface area contributed by atoms with E-state index in [4.69, 9.17) is 5.14 Å². The highest BCUT2D eigenvalue weighted by molar-refractivity contribution is 7.89. The van der Waals surface area contributed by atoms with Gasteiger partial charge >= 0.3 is 0 Å². The summed E-state index contributed by atoms with van der Waals surface area (Å²) in [5, 5.41) is 7.85. The average Bonchev–Trinajstić information content (AvgIpc) is 3.00. The molecule has 2 aromatic carbocycles. The number of carbonyl (C=O) groups is 1. The van der Waals surface area contributed by atoms with Crippen molar-refractivity contribution in [1.82, 2.24) is 9.21 Å². The van der Waals surface area contributed by atoms with Gasteiger partial charge in [0.25, 0.3) is 0 Å². The van der Waals surface area contributed by atoms with Crippen LogP contribution in [0.1, 0.15) is 18.9 Å². The van der Waals surface area contributed by atoms with Crippen LogP contribution in [0.15, 0.2) is 58.3 Å². The number of carbonyl (C=O) groups excluding carboxylic acids is 1. The summed E-state index contributed by atoms with van der Waals surface area (Å²) >= 11 is 0. The number of benzene rings is 2. The van der Waals surface area contributed by atoms with E-state index in [2.05, 4.69) is 5.32 Å². The Hall–Kier alpha value is -2.31. The Bertz CT molecular complexity index is 1160. The SMILES string of the molecule is Cc1ccc(S(=O)(=O)N2CCCN([C@H](C)C(=O)Nc3ccc(S(N)(=O)=O)cc3)CC2)cc1. The van der Waals surface area contributed by atoms with Gasteiger partial charge in [-0.15, -0.1) is 0 Å². The zero-order chi connectivity index (χ0) is 23.5. The molecule has 1 aliphatic heterocycles. The monoisotopic (exact) mass is 480 g/mol. The van der Waals surface area contributed by atoms with Crippen molar-refractivity contribution in [1.29, 1.82) is 0 Å². The molecule has 11 heteroatoms. The smallest absolute Gasteiger partial charge is 0.243 e. The van der Waals surface area contributed by atoms with E-state index in [0.717, 1.165) is 5.56 Å². The van der Waals surface area contributed by atoms with Crippen molar-refractivity contribution < 1.29 is 21.6 Å². The summed E-state index contributed by atoms with van der Waals surface area (Å²) in [5.41, 5.74) is 1.44. The summed E-state index contributed by atoms with van der Waals surface area (Å²) in [6, 6.07) is 11.9. The first-order valence-corrected chi connectivity index (χ1v) is 13.2. The molecule has 32 heavy (non-hydrogen) atoms. The number of aryl methyl sites for hydroxylation is 1. The van der Waals surface area contributed by atoms with Gasteiger partial charge in [-0.1, -0.05) is 17.7 Å². The topological polar surface area (TPSA) is 130 Å². The van der Waals surface area contributed by atoms with Crippen molar-refractivity contribution in [3.05, 3.63) is 54.1 Å². The Kier molecular flexibility index (Phi) is 7.36. The van der Waals surface area contributed by atoms with Crippen molar-refractivity contribution in [2.24, 2.45) is 5.14 Å². The molecular weight excluding hydrogens is 452 g/mol. The van der Waals surface area contributed by atoms with Crippen LogP contribution >= 0.6 is 0 Å². The number of hydrogen-bond donors (Lipinski definition) is 2. The predicted octanol–water partition coefficient (Wildman–Crippen LogP) is 1.37. The summed E-state index contributed by atoms with van der Waals surface area (Å²) in [7, 11) is -7.39. The molecule has 0 saturated carbocycles. The van der Waals surface area contributed by atoms with Gasteiger partial charge in [0.2, 0.25) is 26.0 Å². The van der Waals surface area contributed by atoms with E-state index in [0.29, 0.717) is 31.7 Å². The molecule has 1 heterocycles. The van der Waals surface area contributed by atoms with Crippen molar-refractivity contribution in [3.8, 4) is 0 Å². The molecule has 1 saturated heterocycles. The van der Waals surface area contributed by atoms with Crippen LogP contribution in [-0.4, -0.2) is 64.2 Å². The van der Waals surface area contributed by atoms with Gasteiger partial charge in [0, 0.05) is 31.9 Å². The van der Waals surface area contributed by atoms with Gasteiger partial charge in [0.1, 0.15) is 0 Å². The summed E-state index contributed by atoms with van der Waals surface area (Å²) in [4.78, 5) is 14.9. The quantitative estimate of drug-likeness (QED) is 0.642. The van der Waals surface area contributed by atoms with Crippen LogP contribution < -0.4 is 10.5 Å². The maximum atomic E-state index is 13.0. The lowest BCUT2D eigenvalue weighted by Gasteiger charge is -2.27. The van der Waals surface area contributed by atoms with Crippen molar-refractivity contribution in [2.75, 3.05) is 31.5 Å². The number of amides is 1. The fraction of sp³-hybridized carbons (Fsp3) is 0.381. The number of anilines is 1. The van der Waals surface area contributed by atoms with Crippen LogP contribution in [0.4, 0.5) is 5.69 Å². The Balaban J connectivity index is 1.63. The Morgan fingerprint density at radius 3 is 2.09 bits per heavy atom. The maximum absolute atomic E-state index is 13.0. The number of primary sulfonamides is 1. The minimum Gasteiger partial charge on any atom is -0.325 e. The fourth-order valence-corrected chi connectivity index (χ4v) is 5.53. The first-order chi connectivity index (χ1) is 15.0. The summed E-state index contributed by atoms with van der Waals surface area (Å²) in [5.74, 6) is -0.261. The van der Waals surface area contributed by atoms with E-state index in [9.17, 15) is 21.6 Å². The van der Waals surface area contributed by atoms with Gasteiger partial charge in [-0.3, -0.25) is 9.69 Å². The van der Waals surface area contributed by atoms with Crippen LogP contribution in [-0.2, 0) is 24.8 Å². The van der Waals surface area contributed by atoms with Gasteiger partial charge in [-0.05, 0) is 56.7 Å². The largest absolute Gasteiger partial charge is 0.325 e. The Morgan fingerprint density at radius 2 is 1.50 bits per heavy atom. The third kappa shape index (κ3) is 5.73. The van der Waals surface area contributed by atoms with Gasteiger partial charge in [-0.2, -0.15) is 4.31 Å². The highest BCUT2D eigenvalue weighted by Gasteiger charge is 2.30. The van der Waals surface area contributed by atoms with Crippen LogP contribution in [0.25, 0.3) is 0 Å². The molecule has 0 aromatic heterocycles. The number of nitrogens with two attached hydrogens (primary N) is 1. The van der Waals surface area contributed by atoms with Gasteiger partial charge in [0.05, 0.1) is 15.8 Å². The lowest BCUT2D eigenvalue weighted by Crippen LogP contribution is -2.44. The Morgan fingerprint density at radius 1 is 0.906 bits per heavy atom. The van der Waals surface area contributed by atoms with Crippen LogP contribution in [0, 0.1) is 6.92 Å². The molecule has 0 radical (unpaired) electrons. The lowest BCUT2D eigenvalue weighted by atomic mass is 10.2. The molecule has 0 spiro atoms. The molecule has 3 N–H and O–H groups in total. The third-order valence-electron chi connectivity index (χ3n) is 5.53. The number of sulfonamides is 2. The van der Waals surface area contributed by atoms with E-state index in [1.807, 2.05) is 11.8 Å². The van der Waals surface area contributed by atoms with E-state index in [-0.39, 0.29) is 22.2 Å². The second-order valence-corrected chi connectivity index (χ2v) is 11.3. The number of hydrogen-bond acceptors (Lipinski definition) is 6.